The number of nitrogens with one attached hydrogen (secondary N) is 2. The van der Waals surface area contributed by atoms with Gasteiger partial charge in [0, 0.05) is 17.3 Å². The Labute approximate surface area is 176 Å². The predicted molar refractivity (Wildman–Crippen MR) is 111 cm³/mol. The van der Waals surface area contributed by atoms with Crippen LogP contribution in [0.5, 0.6) is 0 Å². The number of hydrogen-bond acceptors (Lipinski definition) is 3. The molecule has 2 aromatic rings. The van der Waals surface area contributed by atoms with Crippen molar-refractivity contribution in [1.82, 2.24) is 4.72 Å². The normalized spacial score (nSPS) is 15.4. The summed E-state index contributed by atoms with van der Waals surface area (Å²) < 4.78 is 41.8. The highest BCUT2D eigenvalue weighted by molar-refractivity contribution is 9.10. The number of anilines is 1. The summed E-state index contributed by atoms with van der Waals surface area (Å²) in [5, 5.41) is 2.66. The molecule has 0 unspecified atom stereocenters. The van der Waals surface area contributed by atoms with Gasteiger partial charge in [-0.05, 0) is 65.2 Å². The van der Waals surface area contributed by atoms with Gasteiger partial charge in [-0.1, -0.05) is 30.9 Å². The Morgan fingerprint density at radius 2 is 1.82 bits per heavy atom. The number of carbonyl (C=O) groups is 1. The Bertz CT molecular complexity index is 995. The van der Waals surface area contributed by atoms with Gasteiger partial charge < -0.3 is 5.32 Å². The van der Waals surface area contributed by atoms with Crippen LogP contribution in [-0.4, -0.2) is 20.4 Å². The van der Waals surface area contributed by atoms with Crippen LogP contribution in [0.3, 0.4) is 0 Å². The van der Waals surface area contributed by atoms with Gasteiger partial charge in [-0.2, -0.15) is 0 Å². The van der Waals surface area contributed by atoms with Crippen LogP contribution in [0.2, 0.25) is 5.02 Å². The zero-order chi connectivity index (χ0) is 20.3. The fourth-order valence-electron chi connectivity index (χ4n) is 3.13. The lowest BCUT2D eigenvalue weighted by atomic mass is 9.96. The van der Waals surface area contributed by atoms with Crippen LogP contribution in [-0.2, 0) is 10.0 Å². The summed E-state index contributed by atoms with van der Waals surface area (Å²) >= 11 is 9.16. The number of carbonyl (C=O) groups excluding carboxylic acids is 1. The highest BCUT2D eigenvalue weighted by Gasteiger charge is 2.25. The maximum atomic E-state index is 13.3. The molecule has 1 aliphatic carbocycles. The number of amides is 1. The summed E-state index contributed by atoms with van der Waals surface area (Å²) in [5.74, 6) is -0.976. The van der Waals surface area contributed by atoms with Gasteiger partial charge in [-0.15, -0.1) is 0 Å². The van der Waals surface area contributed by atoms with Gasteiger partial charge in [0.05, 0.1) is 9.50 Å². The molecule has 5 nitrogen and oxygen atoms in total. The van der Waals surface area contributed by atoms with E-state index in [0.717, 1.165) is 32.1 Å². The fraction of sp³-hybridized carbons (Fsp3) is 0.316. The predicted octanol–water partition coefficient (Wildman–Crippen LogP) is 5.10. The van der Waals surface area contributed by atoms with E-state index in [1.165, 1.54) is 36.4 Å². The average Bonchev–Trinajstić information content (AvgIpc) is 2.65. The molecule has 0 atom stereocenters. The van der Waals surface area contributed by atoms with Crippen molar-refractivity contribution in [2.75, 3.05) is 5.32 Å². The Morgan fingerprint density at radius 3 is 2.50 bits per heavy atom. The first-order valence-corrected chi connectivity index (χ1v) is 11.5. The van der Waals surface area contributed by atoms with Crippen molar-refractivity contribution < 1.29 is 17.6 Å². The van der Waals surface area contributed by atoms with Crippen molar-refractivity contribution in [2.45, 2.75) is 43.0 Å². The minimum absolute atomic E-state index is 0.0457. The second-order valence-corrected chi connectivity index (χ2v) is 9.63. The highest BCUT2D eigenvalue weighted by Crippen LogP contribution is 2.26. The van der Waals surface area contributed by atoms with Crippen molar-refractivity contribution in [3.8, 4) is 0 Å². The van der Waals surface area contributed by atoms with E-state index in [4.69, 9.17) is 11.6 Å². The van der Waals surface area contributed by atoms with Crippen LogP contribution in [0.25, 0.3) is 0 Å². The third kappa shape index (κ3) is 5.11. The quantitative estimate of drug-likeness (QED) is 0.613. The van der Waals surface area contributed by atoms with Crippen molar-refractivity contribution in [3.63, 3.8) is 0 Å². The van der Waals surface area contributed by atoms with E-state index >= 15 is 0 Å². The molecule has 9 heteroatoms. The van der Waals surface area contributed by atoms with E-state index < -0.39 is 21.7 Å². The maximum absolute atomic E-state index is 13.3. The zero-order valence-corrected chi connectivity index (χ0v) is 18.0. The molecule has 0 saturated heterocycles. The Kier molecular flexibility index (Phi) is 6.75. The minimum Gasteiger partial charge on any atom is -0.322 e. The minimum atomic E-state index is -3.85. The molecule has 0 heterocycles. The molecule has 2 N–H and O–H groups in total. The van der Waals surface area contributed by atoms with Crippen LogP contribution in [0, 0.1) is 5.82 Å². The van der Waals surface area contributed by atoms with Gasteiger partial charge in [-0.3, -0.25) is 4.79 Å². The topological polar surface area (TPSA) is 75.3 Å². The maximum Gasteiger partial charge on any atom is 0.255 e. The van der Waals surface area contributed by atoms with E-state index in [1.54, 1.807) is 0 Å². The Balaban J connectivity index is 1.81. The van der Waals surface area contributed by atoms with Gasteiger partial charge in [0.25, 0.3) is 5.91 Å². The molecule has 0 spiro atoms. The highest BCUT2D eigenvalue weighted by atomic mass is 79.9. The molecule has 1 aliphatic rings. The van der Waals surface area contributed by atoms with Crippen molar-refractivity contribution in [1.29, 1.82) is 0 Å². The summed E-state index contributed by atoms with van der Waals surface area (Å²) in [7, 11) is -3.85. The summed E-state index contributed by atoms with van der Waals surface area (Å²) in [6.45, 7) is 0. The lowest BCUT2D eigenvalue weighted by Gasteiger charge is -2.23. The molecule has 0 bridgehead atoms. The molecule has 150 valence electrons. The standard InChI is InChI=1S/C19H19BrClFN2O3S/c20-15-11-14(7-9-17(15)22)23-19(25)12-6-8-16(21)18(10-12)28(26,27)24-13-4-2-1-3-5-13/h6-11,13,24H,1-5H2,(H,23,25). The third-order valence-electron chi connectivity index (χ3n) is 4.59. The second-order valence-electron chi connectivity index (χ2n) is 6.68. The van der Waals surface area contributed by atoms with E-state index in [2.05, 4.69) is 26.0 Å². The smallest absolute Gasteiger partial charge is 0.255 e. The van der Waals surface area contributed by atoms with Crippen molar-refractivity contribution in [2.24, 2.45) is 0 Å². The molecule has 0 radical (unpaired) electrons. The monoisotopic (exact) mass is 488 g/mol. The molecule has 1 fully saturated rings. The van der Waals surface area contributed by atoms with E-state index in [9.17, 15) is 17.6 Å². The van der Waals surface area contributed by atoms with Crippen molar-refractivity contribution in [3.05, 3.63) is 57.3 Å². The number of halogens is 3. The van der Waals surface area contributed by atoms with Crippen LogP contribution >= 0.6 is 27.5 Å². The van der Waals surface area contributed by atoms with E-state index in [0.29, 0.717) is 5.69 Å². The molecule has 3 rings (SSSR count). The van der Waals surface area contributed by atoms with Gasteiger partial charge in [0.15, 0.2) is 0 Å². The summed E-state index contributed by atoms with van der Waals surface area (Å²) in [4.78, 5) is 12.4. The Hall–Kier alpha value is -1.48. The largest absolute Gasteiger partial charge is 0.322 e. The molecule has 0 aliphatic heterocycles. The second kappa shape index (κ2) is 8.90. The van der Waals surface area contributed by atoms with Crippen LogP contribution < -0.4 is 10.0 Å². The molecule has 0 aromatic heterocycles. The lowest BCUT2D eigenvalue weighted by molar-refractivity contribution is 0.102. The van der Waals surface area contributed by atoms with Crippen LogP contribution in [0.15, 0.2) is 45.8 Å². The van der Waals surface area contributed by atoms with Crippen molar-refractivity contribution >= 4 is 49.1 Å². The first kappa shape index (κ1) is 21.2. The molecular formula is C19H19BrClFN2O3S. The van der Waals surface area contributed by atoms with E-state index in [-0.39, 0.29) is 26.0 Å². The zero-order valence-electron chi connectivity index (χ0n) is 14.8. The first-order valence-electron chi connectivity index (χ1n) is 8.84. The number of hydrogen-bond donors (Lipinski definition) is 2. The van der Waals surface area contributed by atoms with Gasteiger partial charge in [0.2, 0.25) is 10.0 Å². The molecular weight excluding hydrogens is 471 g/mol. The molecule has 1 saturated carbocycles. The van der Waals surface area contributed by atoms with Gasteiger partial charge in [-0.25, -0.2) is 17.5 Å². The lowest BCUT2D eigenvalue weighted by Crippen LogP contribution is -2.36. The van der Waals surface area contributed by atoms with Gasteiger partial charge in [0.1, 0.15) is 10.7 Å². The number of rotatable bonds is 5. The SMILES string of the molecule is O=C(Nc1ccc(F)c(Br)c1)c1ccc(Cl)c(S(=O)(=O)NC2CCCCC2)c1. The molecule has 28 heavy (non-hydrogen) atoms. The van der Waals surface area contributed by atoms with Crippen LogP contribution in [0.1, 0.15) is 42.5 Å². The first-order chi connectivity index (χ1) is 13.3. The molecule has 2 aromatic carbocycles. The third-order valence-corrected chi connectivity index (χ3v) is 7.20. The summed E-state index contributed by atoms with van der Waals surface area (Å²) in [5.41, 5.74) is 0.506. The average molecular weight is 490 g/mol. The van der Waals surface area contributed by atoms with Gasteiger partial charge >= 0.3 is 0 Å². The summed E-state index contributed by atoms with van der Waals surface area (Å²) in [6.07, 6.45) is 4.65. The fourth-order valence-corrected chi connectivity index (χ4v) is 5.34. The Morgan fingerprint density at radius 1 is 1.11 bits per heavy atom. The number of sulfonamides is 1. The van der Waals surface area contributed by atoms with E-state index in [1.807, 2.05) is 0 Å². The summed E-state index contributed by atoms with van der Waals surface area (Å²) in [6, 6.07) is 8.00. The van der Waals surface area contributed by atoms with Crippen LogP contribution in [0.4, 0.5) is 10.1 Å². The molecule has 1 amide bonds. The number of benzene rings is 2.